The molecule has 0 saturated heterocycles. The van der Waals surface area contributed by atoms with E-state index >= 15 is 0 Å². The van der Waals surface area contributed by atoms with E-state index in [0.29, 0.717) is 36.3 Å². The van der Waals surface area contributed by atoms with E-state index in [2.05, 4.69) is 28.6 Å². The lowest BCUT2D eigenvalue weighted by atomic mass is 10.1. The van der Waals surface area contributed by atoms with Crippen molar-refractivity contribution in [2.45, 2.75) is 20.0 Å². The summed E-state index contributed by atoms with van der Waals surface area (Å²) in [6.07, 6.45) is 0. The minimum Gasteiger partial charge on any atom is -0.496 e. The number of aryl methyl sites for hydroxylation is 1. The van der Waals surface area contributed by atoms with Crippen LogP contribution in [-0.2, 0) is 13.1 Å². The summed E-state index contributed by atoms with van der Waals surface area (Å²) in [6.45, 7) is 3.05. The lowest BCUT2D eigenvalue weighted by Gasteiger charge is -2.17. The fraction of sp³-hybridized carbons (Fsp3) is 0.318. The number of rotatable bonds is 7. The maximum absolute atomic E-state index is 5.96. The lowest BCUT2D eigenvalue weighted by Crippen LogP contribution is -2.36. The number of nitrogens with zero attached hydrogens (tertiary/aromatic N) is 1. The first-order valence-electron chi connectivity index (χ1n) is 9.31. The summed E-state index contributed by atoms with van der Waals surface area (Å²) in [5.74, 6) is 3.55. The van der Waals surface area contributed by atoms with Crippen molar-refractivity contribution < 1.29 is 18.6 Å². The van der Waals surface area contributed by atoms with Gasteiger partial charge >= 0.3 is 0 Å². The zero-order valence-electron chi connectivity index (χ0n) is 17.9. The molecular formula is C22H28IN3O4. The van der Waals surface area contributed by atoms with Gasteiger partial charge in [-0.1, -0.05) is 18.2 Å². The van der Waals surface area contributed by atoms with Crippen molar-refractivity contribution in [3.8, 4) is 17.2 Å². The van der Waals surface area contributed by atoms with Gasteiger partial charge in [0, 0.05) is 30.1 Å². The molecule has 0 fully saturated rings. The second-order valence-corrected chi connectivity index (χ2v) is 6.44. The SMILES string of the molecule is CN=C(NCc1oc2ccccc2c1C)NCc1c(OC)cc(OC)cc1OC.I. The van der Waals surface area contributed by atoms with Crippen LogP contribution in [0.3, 0.4) is 0 Å². The van der Waals surface area contributed by atoms with Gasteiger partial charge in [-0.25, -0.2) is 0 Å². The van der Waals surface area contributed by atoms with Crippen molar-refractivity contribution in [2.75, 3.05) is 28.4 Å². The van der Waals surface area contributed by atoms with Gasteiger partial charge in [0.2, 0.25) is 0 Å². The normalized spacial score (nSPS) is 11.0. The summed E-state index contributed by atoms with van der Waals surface area (Å²) < 4.78 is 22.3. The van der Waals surface area contributed by atoms with E-state index < -0.39 is 0 Å². The number of nitrogens with one attached hydrogen (secondary N) is 2. The minimum absolute atomic E-state index is 0. The van der Waals surface area contributed by atoms with Crippen LogP contribution in [-0.4, -0.2) is 34.3 Å². The molecule has 0 spiro atoms. The van der Waals surface area contributed by atoms with E-state index in [-0.39, 0.29) is 24.0 Å². The average Bonchev–Trinajstić information content (AvgIpc) is 3.09. The molecule has 2 N–H and O–H groups in total. The number of guanidine groups is 1. The van der Waals surface area contributed by atoms with Gasteiger partial charge in [0.15, 0.2) is 5.96 Å². The van der Waals surface area contributed by atoms with Crippen LogP contribution in [0.2, 0.25) is 0 Å². The Morgan fingerprint density at radius 1 is 0.967 bits per heavy atom. The van der Waals surface area contributed by atoms with Gasteiger partial charge < -0.3 is 29.3 Å². The number of aliphatic imine (C=N–C) groups is 1. The molecule has 2 aromatic carbocycles. The minimum atomic E-state index is 0. The molecule has 3 rings (SSSR count). The van der Waals surface area contributed by atoms with Crippen LogP contribution in [0.5, 0.6) is 17.2 Å². The molecule has 30 heavy (non-hydrogen) atoms. The summed E-state index contributed by atoms with van der Waals surface area (Å²) >= 11 is 0. The molecule has 0 saturated carbocycles. The Morgan fingerprint density at radius 3 is 2.17 bits per heavy atom. The maximum Gasteiger partial charge on any atom is 0.191 e. The quantitative estimate of drug-likeness (QED) is 0.273. The fourth-order valence-corrected chi connectivity index (χ4v) is 3.20. The first-order valence-corrected chi connectivity index (χ1v) is 9.31. The Kier molecular flexibility index (Phi) is 8.64. The number of para-hydroxylation sites is 1. The number of ether oxygens (including phenoxy) is 3. The highest BCUT2D eigenvalue weighted by atomic mass is 127. The zero-order chi connectivity index (χ0) is 20.8. The van der Waals surface area contributed by atoms with Crippen molar-refractivity contribution >= 4 is 40.9 Å². The van der Waals surface area contributed by atoms with Gasteiger partial charge in [-0.3, -0.25) is 4.99 Å². The Bertz CT molecular complexity index is 992. The Morgan fingerprint density at radius 2 is 1.60 bits per heavy atom. The summed E-state index contributed by atoms with van der Waals surface area (Å²) in [5, 5.41) is 7.71. The molecule has 8 heteroatoms. The molecule has 0 amide bonds. The number of benzene rings is 2. The smallest absolute Gasteiger partial charge is 0.191 e. The van der Waals surface area contributed by atoms with Crippen molar-refractivity contribution in [2.24, 2.45) is 4.99 Å². The van der Waals surface area contributed by atoms with E-state index in [9.17, 15) is 0 Å². The van der Waals surface area contributed by atoms with Crippen LogP contribution in [0.4, 0.5) is 0 Å². The molecule has 7 nitrogen and oxygen atoms in total. The highest BCUT2D eigenvalue weighted by Crippen LogP contribution is 2.33. The van der Waals surface area contributed by atoms with E-state index in [1.807, 2.05) is 30.3 Å². The summed E-state index contributed by atoms with van der Waals surface area (Å²) in [7, 11) is 6.57. The number of fused-ring (bicyclic) bond motifs is 1. The molecular weight excluding hydrogens is 497 g/mol. The molecule has 0 aliphatic heterocycles. The molecule has 1 aromatic heterocycles. The number of furan rings is 1. The molecule has 1 heterocycles. The van der Waals surface area contributed by atoms with Crippen LogP contribution >= 0.6 is 24.0 Å². The first-order chi connectivity index (χ1) is 14.1. The Balaban J connectivity index is 0.00000320. The topological polar surface area (TPSA) is 77.3 Å². The molecule has 3 aromatic rings. The molecule has 162 valence electrons. The van der Waals surface area contributed by atoms with Gasteiger partial charge in [-0.05, 0) is 13.0 Å². The summed E-state index contributed by atoms with van der Waals surface area (Å²) in [4.78, 5) is 4.29. The third-order valence-corrected chi connectivity index (χ3v) is 4.83. The highest BCUT2D eigenvalue weighted by Gasteiger charge is 2.14. The lowest BCUT2D eigenvalue weighted by molar-refractivity contribution is 0.368. The third kappa shape index (κ3) is 5.10. The van der Waals surface area contributed by atoms with Gasteiger partial charge in [0.05, 0.1) is 40.0 Å². The van der Waals surface area contributed by atoms with Crippen molar-refractivity contribution in [3.63, 3.8) is 0 Å². The second-order valence-electron chi connectivity index (χ2n) is 6.44. The molecule has 0 radical (unpaired) electrons. The van der Waals surface area contributed by atoms with Crippen molar-refractivity contribution in [1.82, 2.24) is 10.6 Å². The molecule has 0 aliphatic rings. The number of hydrogen-bond donors (Lipinski definition) is 2. The van der Waals surface area contributed by atoms with Crippen LogP contribution in [0.25, 0.3) is 11.0 Å². The number of methoxy groups -OCH3 is 3. The fourth-order valence-electron chi connectivity index (χ4n) is 3.20. The monoisotopic (exact) mass is 525 g/mol. The maximum atomic E-state index is 5.96. The standard InChI is InChI=1S/C22H27N3O4.HI/c1-14-16-8-6-7-9-18(16)29-21(14)13-25-22(23-2)24-12-17-19(27-4)10-15(26-3)11-20(17)28-5;/h6-11H,12-13H2,1-5H3,(H2,23,24,25);1H. The predicted molar refractivity (Wildman–Crippen MR) is 130 cm³/mol. The third-order valence-electron chi connectivity index (χ3n) is 4.83. The van der Waals surface area contributed by atoms with E-state index in [4.69, 9.17) is 18.6 Å². The highest BCUT2D eigenvalue weighted by molar-refractivity contribution is 14.0. The second kappa shape index (κ2) is 11.0. The molecule has 0 atom stereocenters. The Labute approximate surface area is 193 Å². The van der Waals surface area contributed by atoms with Crippen molar-refractivity contribution in [1.29, 1.82) is 0 Å². The van der Waals surface area contributed by atoms with Gasteiger partial charge in [0.1, 0.15) is 28.6 Å². The predicted octanol–water partition coefficient (Wildman–Crippen LogP) is 4.25. The van der Waals surface area contributed by atoms with E-state index in [1.165, 1.54) is 0 Å². The first kappa shape index (κ1) is 23.7. The molecule has 0 bridgehead atoms. The van der Waals surface area contributed by atoms with Crippen molar-refractivity contribution in [3.05, 3.63) is 53.3 Å². The van der Waals surface area contributed by atoms with Gasteiger partial charge in [0.25, 0.3) is 0 Å². The largest absolute Gasteiger partial charge is 0.496 e. The van der Waals surface area contributed by atoms with Gasteiger partial charge in [-0.15, -0.1) is 24.0 Å². The zero-order valence-corrected chi connectivity index (χ0v) is 20.2. The number of halogens is 1. The van der Waals surface area contributed by atoms with E-state index in [1.54, 1.807) is 28.4 Å². The average molecular weight is 525 g/mol. The van der Waals surface area contributed by atoms with Crippen LogP contribution in [0, 0.1) is 6.92 Å². The van der Waals surface area contributed by atoms with Crippen LogP contribution in [0.1, 0.15) is 16.9 Å². The Hall–Kier alpha value is -2.62. The van der Waals surface area contributed by atoms with E-state index in [0.717, 1.165) is 27.9 Å². The van der Waals surface area contributed by atoms with Crippen LogP contribution < -0.4 is 24.8 Å². The summed E-state index contributed by atoms with van der Waals surface area (Å²) in [5.41, 5.74) is 2.89. The molecule has 0 aliphatic carbocycles. The van der Waals surface area contributed by atoms with Gasteiger partial charge in [-0.2, -0.15) is 0 Å². The van der Waals surface area contributed by atoms with Crippen LogP contribution in [0.15, 0.2) is 45.8 Å². The summed E-state index contributed by atoms with van der Waals surface area (Å²) in [6, 6.07) is 11.7. The number of hydrogen-bond acceptors (Lipinski definition) is 5. The molecule has 0 unspecified atom stereocenters.